The topological polar surface area (TPSA) is 27.0 Å². The van der Waals surface area contributed by atoms with Crippen molar-refractivity contribution in [3.05, 3.63) is 48.0 Å². The lowest BCUT2D eigenvalue weighted by Gasteiger charge is -2.22. The Balaban J connectivity index is 2.14. The summed E-state index contributed by atoms with van der Waals surface area (Å²) in [4.78, 5) is 2.25. The molecular formula is C18H22N2. The Morgan fingerprint density at radius 3 is 2.50 bits per heavy atom. The minimum absolute atomic E-state index is 0.0926. The van der Waals surface area contributed by atoms with Crippen molar-refractivity contribution >= 4 is 10.8 Å². The zero-order valence-electron chi connectivity index (χ0n) is 12.5. The van der Waals surface area contributed by atoms with E-state index in [4.69, 9.17) is 0 Å². The summed E-state index contributed by atoms with van der Waals surface area (Å²) in [5.74, 6) is 0.491. The Kier molecular flexibility index (Phi) is 4.76. The van der Waals surface area contributed by atoms with E-state index in [1.807, 2.05) is 0 Å². The van der Waals surface area contributed by atoms with Crippen LogP contribution >= 0.6 is 0 Å². The molecule has 2 aromatic carbocycles. The maximum atomic E-state index is 9.21. The van der Waals surface area contributed by atoms with Crippen molar-refractivity contribution < 1.29 is 0 Å². The zero-order chi connectivity index (χ0) is 14.5. The van der Waals surface area contributed by atoms with Gasteiger partial charge in [-0.05, 0) is 29.3 Å². The van der Waals surface area contributed by atoms with Gasteiger partial charge in [0.1, 0.15) is 0 Å². The normalized spacial score (nSPS) is 12.8. The molecule has 2 rings (SSSR count). The molecule has 1 atom stereocenters. The second-order valence-electron chi connectivity index (χ2n) is 5.81. The number of hydrogen-bond donors (Lipinski definition) is 0. The van der Waals surface area contributed by atoms with Gasteiger partial charge >= 0.3 is 0 Å². The maximum absolute atomic E-state index is 9.21. The van der Waals surface area contributed by atoms with Gasteiger partial charge in [0.2, 0.25) is 0 Å². The summed E-state index contributed by atoms with van der Waals surface area (Å²) >= 11 is 0. The smallest absolute Gasteiger partial charge is 0.0672 e. The molecule has 0 bridgehead atoms. The highest BCUT2D eigenvalue weighted by atomic mass is 15.1. The third-order valence-corrected chi connectivity index (χ3v) is 3.80. The van der Waals surface area contributed by atoms with Gasteiger partial charge in [-0.1, -0.05) is 56.3 Å². The van der Waals surface area contributed by atoms with Crippen molar-refractivity contribution in [1.82, 2.24) is 4.90 Å². The molecule has 20 heavy (non-hydrogen) atoms. The summed E-state index contributed by atoms with van der Waals surface area (Å²) in [5.41, 5.74) is 1.33. The minimum Gasteiger partial charge on any atom is -0.301 e. The second-order valence-corrected chi connectivity index (χ2v) is 5.81. The molecule has 0 aliphatic heterocycles. The Morgan fingerprint density at radius 2 is 1.80 bits per heavy atom. The third kappa shape index (κ3) is 3.37. The predicted octanol–water partition coefficient (Wildman–Crippen LogP) is 4.07. The van der Waals surface area contributed by atoms with Crippen molar-refractivity contribution in [1.29, 1.82) is 5.26 Å². The zero-order valence-corrected chi connectivity index (χ0v) is 12.5. The molecule has 2 heteroatoms. The van der Waals surface area contributed by atoms with Gasteiger partial charge in [-0.15, -0.1) is 0 Å². The lowest BCUT2D eigenvalue weighted by Crippen LogP contribution is -2.27. The van der Waals surface area contributed by atoms with Crippen molar-refractivity contribution in [2.45, 2.75) is 20.4 Å². The van der Waals surface area contributed by atoms with Crippen molar-refractivity contribution in [2.24, 2.45) is 11.8 Å². The Bertz CT molecular complexity index is 605. The number of nitrogens with zero attached hydrogens (tertiary/aromatic N) is 2. The molecule has 0 saturated heterocycles. The molecule has 104 valence electrons. The van der Waals surface area contributed by atoms with Gasteiger partial charge in [-0.3, -0.25) is 0 Å². The van der Waals surface area contributed by atoms with E-state index in [-0.39, 0.29) is 5.92 Å². The van der Waals surface area contributed by atoms with E-state index >= 15 is 0 Å². The molecule has 0 aliphatic rings. The van der Waals surface area contributed by atoms with Crippen LogP contribution in [0.3, 0.4) is 0 Å². The molecule has 0 N–H and O–H groups in total. The lowest BCUT2D eigenvalue weighted by molar-refractivity contribution is 0.266. The van der Waals surface area contributed by atoms with Crippen LogP contribution in [0.5, 0.6) is 0 Å². The number of nitriles is 1. The van der Waals surface area contributed by atoms with Crippen LogP contribution in [0.1, 0.15) is 19.4 Å². The van der Waals surface area contributed by atoms with E-state index in [9.17, 15) is 5.26 Å². The summed E-state index contributed by atoms with van der Waals surface area (Å²) in [6, 6.07) is 17.3. The highest BCUT2D eigenvalue weighted by molar-refractivity contribution is 5.85. The summed E-state index contributed by atoms with van der Waals surface area (Å²) in [6.45, 7) is 5.92. The summed E-state index contributed by atoms with van der Waals surface area (Å²) in [7, 11) is 2.09. The van der Waals surface area contributed by atoms with Crippen LogP contribution in [0.2, 0.25) is 0 Å². The van der Waals surface area contributed by atoms with E-state index in [0.29, 0.717) is 5.92 Å². The van der Waals surface area contributed by atoms with Crippen molar-refractivity contribution in [2.75, 3.05) is 13.6 Å². The van der Waals surface area contributed by atoms with Crippen LogP contribution in [0.4, 0.5) is 0 Å². The van der Waals surface area contributed by atoms with Gasteiger partial charge in [-0.25, -0.2) is 0 Å². The summed E-state index contributed by atoms with van der Waals surface area (Å²) in [5, 5.41) is 11.8. The monoisotopic (exact) mass is 266 g/mol. The second kappa shape index (κ2) is 6.54. The van der Waals surface area contributed by atoms with Crippen molar-refractivity contribution in [3.8, 4) is 6.07 Å². The van der Waals surface area contributed by atoms with Crippen LogP contribution in [0.25, 0.3) is 10.8 Å². The first-order valence-corrected chi connectivity index (χ1v) is 7.16. The summed E-state index contributed by atoms with van der Waals surface area (Å²) in [6.07, 6.45) is 0. The SMILES string of the molecule is CC(C)C(C#N)CN(C)Cc1cccc2ccccc12. The Morgan fingerprint density at radius 1 is 1.10 bits per heavy atom. The highest BCUT2D eigenvalue weighted by Gasteiger charge is 2.15. The molecule has 0 amide bonds. The van der Waals surface area contributed by atoms with Crippen LogP contribution in [0.15, 0.2) is 42.5 Å². The Hall–Kier alpha value is -1.85. The summed E-state index contributed by atoms with van der Waals surface area (Å²) < 4.78 is 0. The standard InChI is InChI=1S/C18H22N2/c1-14(2)17(11-19)13-20(3)12-16-9-6-8-15-7-4-5-10-18(15)16/h4-10,14,17H,12-13H2,1-3H3. The molecule has 0 heterocycles. The van der Waals surface area contributed by atoms with E-state index < -0.39 is 0 Å². The predicted molar refractivity (Wildman–Crippen MR) is 84.2 cm³/mol. The van der Waals surface area contributed by atoms with Crippen LogP contribution < -0.4 is 0 Å². The van der Waals surface area contributed by atoms with E-state index in [1.54, 1.807) is 0 Å². The number of rotatable bonds is 5. The third-order valence-electron chi connectivity index (χ3n) is 3.80. The first-order chi connectivity index (χ1) is 9.61. The van der Waals surface area contributed by atoms with E-state index in [0.717, 1.165) is 13.1 Å². The quantitative estimate of drug-likeness (QED) is 0.815. The van der Waals surface area contributed by atoms with Crippen LogP contribution in [0, 0.1) is 23.2 Å². The molecule has 2 nitrogen and oxygen atoms in total. The fourth-order valence-electron chi connectivity index (χ4n) is 2.52. The molecular weight excluding hydrogens is 244 g/mol. The van der Waals surface area contributed by atoms with Gasteiger partial charge in [0, 0.05) is 13.1 Å². The lowest BCUT2D eigenvalue weighted by atomic mass is 9.96. The van der Waals surface area contributed by atoms with Crippen LogP contribution in [-0.2, 0) is 6.54 Å². The number of hydrogen-bond acceptors (Lipinski definition) is 2. The van der Waals surface area contributed by atoms with Gasteiger partial charge in [-0.2, -0.15) is 5.26 Å². The van der Waals surface area contributed by atoms with Gasteiger partial charge in [0.25, 0.3) is 0 Å². The Labute approximate surface area is 121 Å². The van der Waals surface area contributed by atoms with Gasteiger partial charge in [0.15, 0.2) is 0 Å². The van der Waals surface area contributed by atoms with E-state index in [1.165, 1.54) is 16.3 Å². The average molecular weight is 266 g/mol. The molecule has 0 aliphatic carbocycles. The first-order valence-electron chi connectivity index (χ1n) is 7.16. The molecule has 1 unspecified atom stereocenters. The average Bonchev–Trinajstić information content (AvgIpc) is 2.45. The fraction of sp³-hybridized carbons (Fsp3) is 0.389. The molecule has 0 saturated carbocycles. The molecule has 0 aromatic heterocycles. The van der Waals surface area contributed by atoms with E-state index in [2.05, 4.69) is 74.3 Å². The van der Waals surface area contributed by atoms with Gasteiger partial charge < -0.3 is 4.90 Å². The van der Waals surface area contributed by atoms with Crippen LogP contribution in [-0.4, -0.2) is 18.5 Å². The fourth-order valence-corrected chi connectivity index (χ4v) is 2.52. The molecule has 2 aromatic rings. The molecule has 0 spiro atoms. The molecule has 0 fully saturated rings. The first kappa shape index (κ1) is 14.6. The largest absolute Gasteiger partial charge is 0.301 e. The maximum Gasteiger partial charge on any atom is 0.0672 e. The van der Waals surface area contributed by atoms with Gasteiger partial charge in [0.05, 0.1) is 12.0 Å². The number of benzene rings is 2. The highest BCUT2D eigenvalue weighted by Crippen LogP contribution is 2.20. The molecule has 0 radical (unpaired) electrons. The van der Waals surface area contributed by atoms with Crippen molar-refractivity contribution in [3.63, 3.8) is 0 Å². The number of fused-ring (bicyclic) bond motifs is 1. The minimum atomic E-state index is 0.0926.